The van der Waals surface area contributed by atoms with E-state index >= 15 is 0 Å². The minimum absolute atomic E-state index is 0.235. The van der Waals surface area contributed by atoms with Crippen LogP contribution in [-0.2, 0) is 5.75 Å². The van der Waals surface area contributed by atoms with E-state index in [4.69, 9.17) is 17.3 Å². The predicted molar refractivity (Wildman–Crippen MR) is 77.1 cm³/mol. The van der Waals surface area contributed by atoms with E-state index < -0.39 is 0 Å². The van der Waals surface area contributed by atoms with Crippen LogP contribution < -0.4 is 5.73 Å². The number of nitrogens with two attached hydrogens (primary N) is 1. The Morgan fingerprint density at radius 1 is 1.26 bits per heavy atom. The average Bonchev–Trinajstić information content (AvgIpc) is 2.85. The second-order valence-electron chi connectivity index (χ2n) is 3.90. The fourth-order valence-corrected chi connectivity index (χ4v) is 2.99. The van der Waals surface area contributed by atoms with Crippen molar-refractivity contribution in [3.63, 3.8) is 0 Å². The highest BCUT2D eigenvalue weighted by Gasteiger charge is 2.09. The Labute approximate surface area is 118 Å². The van der Waals surface area contributed by atoms with Crippen LogP contribution >= 0.6 is 23.4 Å². The molecule has 0 spiro atoms. The van der Waals surface area contributed by atoms with Crippen LogP contribution in [0.3, 0.4) is 0 Å². The minimum Gasteiger partial charge on any atom is -0.368 e. The van der Waals surface area contributed by atoms with E-state index in [0.717, 1.165) is 26.8 Å². The molecule has 3 N–H and O–H groups in total. The van der Waals surface area contributed by atoms with E-state index in [9.17, 15) is 0 Å². The number of thioether (sulfide) groups is 1. The van der Waals surface area contributed by atoms with Crippen LogP contribution in [0.4, 0.5) is 5.95 Å². The third-order valence-electron chi connectivity index (χ3n) is 2.61. The van der Waals surface area contributed by atoms with E-state index in [-0.39, 0.29) is 5.95 Å². The maximum absolute atomic E-state index is 6.13. The molecule has 0 atom stereocenters. The maximum atomic E-state index is 6.13. The number of aromatic amines is 1. The fourth-order valence-electron chi connectivity index (χ4n) is 1.70. The molecule has 2 aromatic heterocycles. The zero-order valence-corrected chi connectivity index (χ0v) is 11.4. The summed E-state index contributed by atoms with van der Waals surface area (Å²) in [6.45, 7) is 0. The number of fused-ring (bicyclic) bond motifs is 1. The first-order chi connectivity index (χ1) is 9.24. The smallest absolute Gasteiger partial charge is 0.223 e. The van der Waals surface area contributed by atoms with Crippen LogP contribution in [0.15, 0.2) is 35.5 Å². The molecule has 0 radical (unpaired) electrons. The molecule has 0 saturated heterocycles. The highest BCUT2D eigenvalue weighted by Crippen LogP contribution is 2.29. The van der Waals surface area contributed by atoms with Crippen molar-refractivity contribution in [2.45, 2.75) is 10.8 Å². The molecule has 0 aliphatic heterocycles. The van der Waals surface area contributed by atoms with Crippen molar-refractivity contribution in [1.82, 2.24) is 20.2 Å². The number of nitrogens with zero attached hydrogens (tertiary/aromatic N) is 3. The van der Waals surface area contributed by atoms with Crippen molar-refractivity contribution in [3.8, 4) is 0 Å². The molecule has 3 rings (SSSR count). The Balaban J connectivity index is 1.90. The number of rotatable bonds is 3. The van der Waals surface area contributed by atoms with Gasteiger partial charge in [-0.2, -0.15) is 10.1 Å². The Hall–Kier alpha value is -1.79. The topological polar surface area (TPSA) is 80.5 Å². The van der Waals surface area contributed by atoms with Gasteiger partial charge in [-0.15, -0.1) is 11.8 Å². The van der Waals surface area contributed by atoms with Crippen molar-refractivity contribution in [3.05, 3.63) is 41.0 Å². The lowest BCUT2D eigenvalue weighted by Crippen LogP contribution is -1.96. The Morgan fingerprint density at radius 3 is 2.95 bits per heavy atom. The van der Waals surface area contributed by atoms with Crippen LogP contribution in [0.25, 0.3) is 11.0 Å². The summed E-state index contributed by atoms with van der Waals surface area (Å²) in [5, 5.41) is 9.16. The summed E-state index contributed by atoms with van der Waals surface area (Å²) in [7, 11) is 0. The zero-order valence-electron chi connectivity index (χ0n) is 9.80. The van der Waals surface area contributed by atoms with Gasteiger partial charge in [0.1, 0.15) is 5.03 Å². The van der Waals surface area contributed by atoms with Gasteiger partial charge in [0.25, 0.3) is 0 Å². The molecule has 19 heavy (non-hydrogen) atoms. The highest BCUT2D eigenvalue weighted by molar-refractivity contribution is 7.98. The van der Waals surface area contributed by atoms with Crippen molar-refractivity contribution in [2.24, 2.45) is 0 Å². The van der Waals surface area contributed by atoms with Gasteiger partial charge in [-0.3, -0.25) is 5.10 Å². The Kier molecular flexibility index (Phi) is 3.27. The van der Waals surface area contributed by atoms with Crippen LogP contribution in [0, 0.1) is 0 Å². The molecule has 0 aliphatic carbocycles. The standard InChI is InChI=1S/C12H10ClN5S/c13-9-4-2-1-3-7(9)6-19-11-8-5-15-18-10(8)16-12(14)17-11/h1-5H,6H2,(H3,14,15,16,17,18). The summed E-state index contributed by atoms with van der Waals surface area (Å²) in [5.41, 5.74) is 7.38. The van der Waals surface area contributed by atoms with Crippen molar-refractivity contribution in [1.29, 1.82) is 0 Å². The Bertz CT molecular complexity index is 727. The van der Waals surface area contributed by atoms with Gasteiger partial charge in [0.05, 0.1) is 11.6 Å². The van der Waals surface area contributed by atoms with Crippen LogP contribution in [-0.4, -0.2) is 20.2 Å². The summed E-state index contributed by atoms with van der Waals surface area (Å²) in [6, 6.07) is 7.74. The van der Waals surface area contributed by atoms with Gasteiger partial charge in [-0.1, -0.05) is 29.8 Å². The molecule has 5 nitrogen and oxygen atoms in total. The largest absolute Gasteiger partial charge is 0.368 e. The lowest BCUT2D eigenvalue weighted by Gasteiger charge is -2.04. The third kappa shape index (κ3) is 2.50. The van der Waals surface area contributed by atoms with E-state index in [1.54, 1.807) is 18.0 Å². The third-order valence-corrected chi connectivity index (χ3v) is 4.02. The van der Waals surface area contributed by atoms with Gasteiger partial charge < -0.3 is 5.73 Å². The minimum atomic E-state index is 0.235. The summed E-state index contributed by atoms with van der Waals surface area (Å²) in [5.74, 6) is 0.953. The molecule has 7 heteroatoms. The molecule has 1 aromatic carbocycles. The predicted octanol–water partition coefficient (Wildman–Crippen LogP) is 2.88. The first-order valence-electron chi connectivity index (χ1n) is 5.57. The Morgan fingerprint density at radius 2 is 2.11 bits per heavy atom. The lowest BCUT2D eigenvalue weighted by molar-refractivity contribution is 1.08. The molecular formula is C12H10ClN5S. The highest BCUT2D eigenvalue weighted by atomic mass is 35.5. The van der Waals surface area contributed by atoms with E-state index in [1.165, 1.54) is 0 Å². The monoisotopic (exact) mass is 291 g/mol. The molecule has 0 fully saturated rings. The summed E-state index contributed by atoms with van der Waals surface area (Å²) in [4.78, 5) is 8.32. The maximum Gasteiger partial charge on any atom is 0.223 e. The molecule has 96 valence electrons. The van der Waals surface area contributed by atoms with Crippen molar-refractivity contribution in [2.75, 3.05) is 5.73 Å². The summed E-state index contributed by atoms with van der Waals surface area (Å²) in [6.07, 6.45) is 1.70. The number of halogens is 1. The SMILES string of the molecule is Nc1nc(SCc2ccccc2Cl)c2cn[nH]c2n1. The normalized spacial score (nSPS) is 11.0. The van der Waals surface area contributed by atoms with Crippen LogP contribution in [0.5, 0.6) is 0 Å². The molecule has 2 heterocycles. The number of hydrogen-bond donors (Lipinski definition) is 2. The number of H-pyrrole nitrogens is 1. The first-order valence-corrected chi connectivity index (χ1v) is 6.93. The summed E-state index contributed by atoms with van der Waals surface area (Å²) < 4.78 is 0. The second-order valence-corrected chi connectivity index (χ2v) is 5.27. The quantitative estimate of drug-likeness (QED) is 0.573. The average molecular weight is 292 g/mol. The van der Waals surface area contributed by atoms with E-state index in [2.05, 4.69) is 20.2 Å². The van der Waals surface area contributed by atoms with Gasteiger partial charge in [0, 0.05) is 10.8 Å². The van der Waals surface area contributed by atoms with Crippen LogP contribution in [0.1, 0.15) is 5.56 Å². The molecule has 0 bridgehead atoms. The number of nitrogen functional groups attached to an aromatic ring is 1. The van der Waals surface area contributed by atoms with Crippen molar-refractivity contribution < 1.29 is 0 Å². The number of benzene rings is 1. The number of aromatic nitrogens is 4. The zero-order chi connectivity index (χ0) is 13.2. The van der Waals surface area contributed by atoms with E-state index in [0.29, 0.717) is 5.65 Å². The molecule has 0 saturated carbocycles. The fraction of sp³-hybridized carbons (Fsp3) is 0.0833. The van der Waals surface area contributed by atoms with Gasteiger partial charge in [0.2, 0.25) is 5.95 Å². The van der Waals surface area contributed by atoms with Crippen LogP contribution in [0.2, 0.25) is 5.02 Å². The van der Waals surface area contributed by atoms with Gasteiger partial charge in [-0.05, 0) is 11.6 Å². The van der Waals surface area contributed by atoms with Gasteiger partial charge >= 0.3 is 0 Å². The van der Waals surface area contributed by atoms with Crippen molar-refractivity contribution >= 4 is 40.3 Å². The molecule has 0 aliphatic rings. The van der Waals surface area contributed by atoms with E-state index in [1.807, 2.05) is 24.3 Å². The first kappa shape index (κ1) is 12.3. The number of hydrogen-bond acceptors (Lipinski definition) is 5. The molecular weight excluding hydrogens is 282 g/mol. The summed E-state index contributed by atoms with van der Waals surface area (Å²) >= 11 is 7.69. The van der Waals surface area contributed by atoms with Gasteiger partial charge in [0.15, 0.2) is 5.65 Å². The van der Waals surface area contributed by atoms with Gasteiger partial charge in [-0.25, -0.2) is 4.98 Å². The molecule has 0 unspecified atom stereocenters. The number of anilines is 1. The number of nitrogens with one attached hydrogen (secondary N) is 1. The lowest BCUT2D eigenvalue weighted by atomic mass is 10.2. The molecule has 0 amide bonds. The molecule has 3 aromatic rings. The second kappa shape index (κ2) is 5.07.